The van der Waals surface area contributed by atoms with Crippen LogP contribution < -0.4 is 4.90 Å². The van der Waals surface area contributed by atoms with Gasteiger partial charge in [-0.3, -0.25) is 15.1 Å². The second-order valence-corrected chi connectivity index (χ2v) is 5.79. The molecule has 0 bridgehead atoms. The van der Waals surface area contributed by atoms with E-state index in [1.807, 2.05) is 11.0 Å². The summed E-state index contributed by atoms with van der Waals surface area (Å²) in [4.78, 5) is 21.6. The van der Waals surface area contributed by atoms with Crippen molar-refractivity contribution in [1.82, 2.24) is 15.1 Å². The summed E-state index contributed by atoms with van der Waals surface area (Å²) < 4.78 is 5.23. The molecule has 3 heterocycles. The Bertz CT molecular complexity index is 904. The molecule has 0 aliphatic carbocycles. The molecule has 0 spiro atoms. The standard InChI is InChI=1S/C17H15N5O3/c23-22(24)15-11-12(6-7-14(15)21-9-3-4-10-21)16-19-17(25-20-16)13-5-1-2-8-18-13/h1-2,5-8,11H,3-4,9-10H2. The van der Waals surface area contributed by atoms with Gasteiger partial charge in [0.15, 0.2) is 0 Å². The number of hydrogen-bond acceptors (Lipinski definition) is 7. The zero-order valence-corrected chi connectivity index (χ0v) is 13.3. The van der Waals surface area contributed by atoms with Crippen LogP contribution in [0.3, 0.4) is 0 Å². The molecule has 0 unspecified atom stereocenters. The minimum Gasteiger partial charge on any atom is -0.366 e. The third kappa shape index (κ3) is 2.93. The van der Waals surface area contributed by atoms with Gasteiger partial charge in [0, 0.05) is 30.9 Å². The Labute approximate surface area is 143 Å². The molecule has 1 aromatic carbocycles. The monoisotopic (exact) mass is 337 g/mol. The Morgan fingerprint density at radius 3 is 2.72 bits per heavy atom. The van der Waals surface area contributed by atoms with Gasteiger partial charge in [-0.1, -0.05) is 11.2 Å². The molecule has 1 fully saturated rings. The molecule has 1 saturated heterocycles. The third-order valence-electron chi connectivity index (χ3n) is 4.19. The number of hydrogen-bond donors (Lipinski definition) is 0. The van der Waals surface area contributed by atoms with Gasteiger partial charge in [-0.15, -0.1) is 0 Å². The highest BCUT2D eigenvalue weighted by Gasteiger charge is 2.24. The fourth-order valence-electron chi connectivity index (χ4n) is 2.97. The van der Waals surface area contributed by atoms with E-state index in [1.54, 1.807) is 30.5 Å². The number of benzene rings is 1. The van der Waals surface area contributed by atoms with E-state index in [9.17, 15) is 10.1 Å². The maximum atomic E-state index is 11.5. The summed E-state index contributed by atoms with van der Waals surface area (Å²) in [5.74, 6) is 0.582. The fraction of sp³-hybridized carbons (Fsp3) is 0.235. The van der Waals surface area contributed by atoms with Crippen molar-refractivity contribution in [3.05, 3.63) is 52.7 Å². The van der Waals surface area contributed by atoms with Gasteiger partial charge in [-0.05, 0) is 37.1 Å². The number of pyridine rings is 1. The van der Waals surface area contributed by atoms with Crippen LogP contribution in [0.5, 0.6) is 0 Å². The van der Waals surface area contributed by atoms with Crippen molar-refractivity contribution >= 4 is 11.4 Å². The highest BCUT2D eigenvalue weighted by Crippen LogP contribution is 2.34. The van der Waals surface area contributed by atoms with Crippen molar-refractivity contribution < 1.29 is 9.45 Å². The minimum absolute atomic E-state index is 0.0589. The second-order valence-electron chi connectivity index (χ2n) is 5.79. The Morgan fingerprint density at radius 1 is 1.16 bits per heavy atom. The largest absolute Gasteiger partial charge is 0.366 e. The Kier molecular flexibility index (Phi) is 3.85. The quantitative estimate of drug-likeness (QED) is 0.532. The molecular weight excluding hydrogens is 322 g/mol. The molecule has 0 radical (unpaired) electrons. The van der Waals surface area contributed by atoms with Gasteiger partial charge in [0.2, 0.25) is 5.82 Å². The van der Waals surface area contributed by atoms with Crippen LogP contribution in [0.1, 0.15) is 12.8 Å². The molecule has 0 N–H and O–H groups in total. The lowest BCUT2D eigenvalue weighted by Gasteiger charge is -2.17. The fourth-order valence-corrected chi connectivity index (χ4v) is 2.97. The topological polar surface area (TPSA) is 98.2 Å². The summed E-state index contributed by atoms with van der Waals surface area (Å²) in [6.45, 7) is 1.68. The minimum atomic E-state index is -0.364. The van der Waals surface area contributed by atoms with Crippen LogP contribution in [-0.2, 0) is 0 Å². The average Bonchev–Trinajstić information content (AvgIpc) is 3.34. The van der Waals surface area contributed by atoms with Crippen molar-refractivity contribution in [2.24, 2.45) is 0 Å². The van der Waals surface area contributed by atoms with Crippen LogP contribution in [0.25, 0.3) is 23.0 Å². The van der Waals surface area contributed by atoms with E-state index in [0.29, 0.717) is 22.8 Å². The summed E-state index contributed by atoms with van der Waals surface area (Å²) >= 11 is 0. The predicted octanol–water partition coefficient (Wildman–Crippen LogP) is 3.31. The molecule has 4 rings (SSSR count). The highest BCUT2D eigenvalue weighted by atomic mass is 16.6. The number of rotatable bonds is 4. The molecule has 8 nitrogen and oxygen atoms in total. The average molecular weight is 337 g/mol. The van der Waals surface area contributed by atoms with E-state index in [1.165, 1.54) is 6.07 Å². The summed E-state index contributed by atoms with van der Waals surface area (Å²) in [6.07, 6.45) is 3.74. The molecule has 3 aromatic rings. The number of anilines is 1. The zero-order chi connectivity index (χ0) is 17.2. The third-order valence-corrected chi connectivity index (χ3v) is 4.19. The van der Waals surface area contributed by atoms with Crippen molar-refractivity contribution in [1.29, 1.82) is 0 Å². The highest BCUT2D eigenvalue weighted by molar-refractivity contribution is 5.72. The van der Waals surface area contributed by atoms with E-state index >= 15 is 0 Å². The summed E-state index contributed by atoms with van der Waals surface area (Å²) in [7, 11) is 0. The molecule has 126 valence electrons. The van der Waals surface area contributed by atoms with Crippen LogP contribution >= 0.6 is 0 Å². The molecule has 1 aliphatic heterocycles. The zero-order valence-electron chi connectivity index (χ0n) is 13.3. The van der Waals surface area contributed by atoms with Gasteiger partial charge in [0.25, 0.3) is 11.6 Å². The van der Waals surface area contributed by atoms with Crippen LogP contribution in [0.2, 0.25) is 0 Å². The molecular formula is C17H15N5O3. The molecule has 8 heteroatoms. The van der Waals surface area contributed by atoms with E-state index in [4.69, 9.17) is 4.52 Å². The molecule has 2 aromatic heterocycles. The molecule has 0 saturated carbocycles. The van der Waals surface area contributed by atoms with Gasteiger partial charge < -0.3 is 9.42 Å². The number of nitro groups is 1. The molecule has 0 amide bonds. The van der Waals surface area contributed by atoms with Crippen molar-refractivity contribution in [2.45, 2.75) is 12.8 Å². The summed E-state index contributed by atoms with van der Waals surface area (Å²) in [5, 5.41) is 15.4. The van der Waals surface area contributed by atoms with Crippen molar-refractivity contribution in [3.63, 3.8) is 0 Å². The number of aromatic nitrogens is 3. The first kappa shape index (κ1) is 15.3. The predicted molar refractivity (Wildman–Crippen MR) is 91.1 cm³/mol. The van der Waals surface area contributed by atoms with E-state index in [2.05, 4.69) is 15.1 Å². The Morgan fingerprint density at radius 2 is 2.00 bits per heavy atom. The Hall–Kier alpha value is -3.29. The molecule has 0 atom stereocenters. The van der Waals surface area contributed by atoms with Gasteiger partial charge in [-0.2, -0.15) is 4.98 Å². The van der Waals surface area contributed by atoms with E-state index < -0.39 is 0 Å². The first-order valence-corrected chi connectivity index (χ1v) is 8.01. The number of nitro benzene ring substituents is 1. The maximum absolute atomic E-state index is 11.5. The van der Waals surface area contributed by atoms with Crippen LogP contribution in [0, 0.1) is 10.1 Å². The smallest absolute Gasteiger partial charge is 0.293 e. The van der Waals surface area contributed by atoms with Gasteiger partial charge in [0.05, 0.1) is 4.92 Å². The lowest BCUT2D eigenvalue weighted by Crippen LogP contribution is -2.18. The van der Waals surface area contributed by atoms with Crippen molar-refractivity contribution in [3.8, 4) is 23.0 Å². The SMILES string of the molecule is O=[N+]([O-])c1cc(-c2noc(-c3ccccn3)n2)ccc1N1CCCC1. The van der Waals surface area contributed by atoms with Gasteiger partial charge in [0.1, 0.15) is 11.4 Å². The van der Waals surface area contributed by atoms with Gasteiger partial charge in [-0.25, -0.2) is 0 Å². The lowest BCUT2D eigenvalue weighted by atomic mass is 10.1. The van der Waals surface area contributed by atoms with E-state index in [0.717, 1.165) is 25.9 Å². The molecule has 25 heavy (non-hydrogen) atoms. The van der Waals surface area contributed by atoms with Crippen LogP contribution in [0.4, 0.5) is 11.4 Å². The Balaban J connectivity index is 1.70. The summed E-state index contributed by atoms with van der Waals surface area (Å²) in [5.41, 5.74) is 1.80. The van der Waals surface area contributed by atoms with Crippen LogP contribution in [-0.4, -0.2) is 33.1 Å². The molecule has 1 aliphatic rings. The van der Waals surface area contributed by atoms with E-state index in [-0.39, 0.29) is 16.5 Å². The number of nitrogens with zero attached hydrogens (tertiary/aromatic N) is 5. The summed E-state index contributed by atoms with van der Waals surface area (Å²) in [6, 6.07) is 10.4. The van der Waals surface area contributed by atoms with Crippen molar-refractivity contribution in [2.75, 3.05) is 18.0 Å². The second kappa shape index (κ2) is 6.31. The first-order valence-electron chi connectivity index (χ1n) is 8.01. The normalized spacial score (nSPS) is 14.0. The first-order chi connectivity index (χ1) is 12.2. The lowest BCUT2D eigenvalue weighted by molar-refractivity contribution is -0.384. The van der Waals surface area contributed by atoms with Gasteiger partial charge >= 0.3 is 0 Å². The maximum Gasteiger partial charge on any atom is 0.293 e. The van der Waals surface area contributed by atoms with Crippen LogP contribution in [0.15, 0.2) is 47.1 Å².